The average Bonchev–Trinajstić information content (AvgIpc) is 2.43. The van der Waals surface area contributed by atoms with Crippen LogP contribution in [0.3, 0.4) is 0 Å². The zero-order valence-electron chi connectivity index (χ0n) is 12.3. The van der Waals surface area contributed by atoms with E-state index in [4.69, 9.17) is 15.2 Å². The number of esters is 1. The molecule has 1 atom stereocenters. The fourth-order valence-corrected chi connectivity index (χ4v) is 2.04. The minimum Gasteiger partial charge on any atom is -0.497 e. The summed E-state index contributed by atoms with van der Waals surface area (Å²) in [6.45, 7) is 2.09. The van der Waals surface area contributed by atoms with Gasteiger partial charge in [0, 0.05) is 30.2 Å². The van der Waals surface area contributed by atoms with Crippen LogP contribution < -0.4 is 10.5 Å². The third-order valence-electron chi connectivity index (χ3n) is 3.11. The summed E-state index contributed by atoms with van der Waals surface area (Å²) in [5.41, 5.74) is 5.68. The SMILES string of the molecule is CCOC(=O)CCCCC(N)c1c(F)cc(OC)cc1F. The zero-order chi connectivity index (χ0) is 15.8. The summed E-state index contributed by atoms with van der Waals surface area (Å²) in [7, 11) is 1.34. The highest BCUT2D eigenvalue weighted by Crippen LogP contribution is 2.27. The second-order valence-electron chi connectivity index (χ2n) is 4.66. The van der Waals surface area contributed by atoms with Crippen LogP contribution in [0.5, 0.6) is 5.75 Å². The molecule has 0 spiro atoms. The lowest BCUT2D eigenvalue weighted by Crippen LogP contribution is -2.14. The largest absolute Gasteiger partial charge is 0.497 e. The van der Waals surface area contributed by atoms with Crippen LogP contribution >= 0.6 is 0 Å². The Morgan fingerprint density at radius 2 is 1.90 bits per heavy atom. The lowest BCUT2D eigenvalue weighted by Gasteiger charge is -2.14. The first-order valence-electron chi connectivity index (χ1n) is 6.93. The van der Waals surface area contributed by atoms with Gasteiger partial charge in [0.1, 0.15) is 17.4 Å². The maximum atomic E-state index is 13.8. The molecule has 2 N–H and O–H groups in total. The van der Waals surface area contributed by atoms with Gasteiger partial charge in [0.2, 0.25) is 0 Å². The molecule has 0 aromatic heterocycles. The average molecular weight is 301 g/mol. The van der Waals surface area contributed by atoms with Crippen molar-refractivity contribution in [2.75, 3.05) is 13.7 Å². The van der Waals surface area contributed by atoms with E-state index >= 15 is 0 Å². The van der Waals surface area contributed by atoms with Crippen molar-refractivity contribution in [1.82, 2.24) is 0 Å². The van der Waals surface area contributed by atoms with Gasteiger partial charge in [0.15, 0.2) is 0 Å². The summed E-state index contributed by atoms with van der Waals surface area (Å²) in [5, 5.41) is 0. The van der Waals surface area contributed by atoms with Gasteiger partial charge in [-0.3, -0.25) is 4.79 Å². The van der Waals surface area contributed by atoms with E-state index in [1.807, 2.05) is 0 Å². The monoisotopic (exact) mass is 301 g/mol. The van der Waals surface area contributed by atoms with Crippen LogP contribution in [0.25, 0.3) is 0 Å². The standard InChI is InChI=1S/C15H21F2NO3/c1-3-21-14(19)7-5-4-6-13(18)15-11(16)8-10(20-2)9-12(15)17/h8-9,13H,3-7,18H2,1-2H3. The van der Waals surface area contributed by atoms with E-state index in [-0.39, 0.29) is 23.7 Å². The first-order chi connectivity index (χ1) is 9.99. The third-order valence-corrected chi connectivity index (χ3v) is 3.11. The Bertz CT molecular complexity index is 457. The van der Waals surface area contributed by atoms with Crippen LogP contribution in [-0.2, 0) is 9.53 Å². The summed E-state index contributed by atoms with van der Waals surface area (Å²) in [5.74, 6) is -1.59. The van der Waals surface area contributed by atoms with E-state index in [1.165, 1.54) is 7.11 Å². The number of benzene rings is 1. The molecular formula is C15H21F2NO3. The minimum atomic E-state index is -0.752. The summed E-state index contributed by atoms with van der Waals surface area (Å²) < 4.78 is 37.2. The molecule has 1 rings (SSSR count). The van der Waals surface area contributed by atoms with Gasteiger partial charge in [0.05, 0.1) is 13.7 Å². The Morgan fingerprint density at radius 1 is 1.29 bits per heavy atom. The van der Waals surface area contributed by atoms with E-state index in [2.05, 4.69) is 0 Å². The van der Waals surface area contributed by atoms with Crippen molar-refractivity contribution in [3.8, 4) is 5.75 Å². The number of methoxy groups -OCH3 is 1. The van der Waals surface area contributed by atoms with Crippen molar-refractivity contribution in [2.45, 2.75) is 38.6 Å². The molecule has 21 heavy (non-hydrogen) atoms. The van der Waals surface area contributed by atoms with E-state index in [0.717, 1.165) is 12.1 Å². The maximum Gasteiger partial charge on any atom is 0.305 e. The Morgan fingerprint density at radius 3 is 2.43 bits per heavy atom. The van der Waals surface area contributed by atoms with Crippen molar-refractivity contribution in [1.29, 1.82) is 0 Å². The predicted octanol–water partition coefficient (Wildman–Crippen LogP) is 3.10. The number of halogens is 2. The number of rotatable bonds is 8. The highest BCUT2D eigenvalue weighted by atomic mass is 19.1. The molecule has 1 aromatic rings. The van der Waals surface area contributed by atoms with Crippen LogP contribution in [0.2, 0.25) is 0 Å². The lowest BCUT2D eigenvalue weighted by molar-refractivity contribution is -0.143. The number of nitrogens with two attached hydrogens (primary N) is 1. The second-order valence-corrected chi connectivity index (χ2v) is 4.66. The highest BCUT2D eigenvalue weighted by Gasteiger charge is 2.18. The molecule has 0 bridgehead atoms. The number of ether oxygens (including phenoxy) is 2. The second kappa shape index (κ2) is 8.56. The van der Waals surface area contributed by atoms with Gasteiger partial charge in [-0.25, -0.2) is 8.78 Å². The summed E-state index contributed by atoms with van der Waals surface area (Å²) >= 11 is 0. The smallest absolute Gasteiger partial charge is 0.305 e. The molecular weight excluding hydrogens is 280 g/mol. The molecule has 0 aliphatic heterocycles. The molecule has 118 valence electrons. The predicted molar refractivity (Wildman–Crippen MR) is 74.9 cm³/mol. The molecule has 0 aliphatic rings. The maximum absolute atomic E-state index is 13.8. The van der Waals surface area contributed by atoms with Crippen LogP contribution in [-0.4, -0.2) is 19.7 Å². The van der Waals surface area contributed by atoms with Crippen LogP contribution in [0.15, 0.2) is 12.1 Å². The van der Waals surface area contributed by atoms with E-state index < -0.39 is 17.7 Å². The summed E-state index contributed by atoms with van der Waals surface area (Å²) in [4.78, 5) is 11.1. The zero-order valence-corrected chi connectivity index (χ0v) is 12.3. The Hall–Kier alpha value is -1.69. The Labute approximate surface area is 123 Å². The minimum absolute atomic E-state index is 0.114. The number of hydrogen-bond donors (Lipinski definition) is 1. The highest BCUT2D eigenvalue weighted by molar-refractivity contribution is 5.69. The number of hydrogen-bond acceptors (Lipinski definition) is 4. The molecule has 0 saturated heterocycles. The van der Waals surface area contributed by atoms with Crippen LogP contribution in [0.1, 0.15) is 44.2 Å². The first-order valence-corrected chi connectivity index (χ1v) is 6.93. The van der Waals surface area contributed by atoms with Gasteiger partial charge in [-0.1, -0.05) is 6.42 Å². The molecule has 0 heterocycles. The molecule has 0 amide bonds. The van der Waals surface area contributed by atoms with Gasteiger partial charge in [-0.15, -0.1) is 0 Å². The molecule has 4 nitrogen and oxygen atoms in total. The van der Waals surface area contributed by atoms with Crippen molar-refractivity contribution in [3.63, 3.8) is 0 Å². The van der Waals surface area contributed by atoms with Crippen LogP contribution in [0, 0.1) is 11.6 Å². The normalized spacial score (nSPS) is 12.0. The lowest BCUT2D eigenvalue weighted by atomic mass is 10.00. The van der Waals surface area contributed by atoms with Crippen molar-refractivity contribution < 1.29 is 23.0 Å². The number of carbonyl (C=O) groups excluding carboxylic acids is 1. The molecule has 6 heteroatoms. The molecule has 1 aromatic carbocycles. The van der Waals surface area contributed by atoms with E-state index in [1.54, 1.807) is 6.92 Å². The first kappa shape index (κ1) is 17.4. The van der Waals surface area contributed by atoms with Crippen molar-refractivity contribution in [3.05, 3.63) is 29.3 Å². The fraction of sp³-hybridized carbons (Fsp3) is 0.533. The van der Waals surface area contributed by atoms with Crippen LogP contribution in [0.4, 0.5) is 8.78 Å². The molecule has 0 radical (unpaired) electrons. The summed E-state index contributed by atoms with van der Waals surface area (Å²) in [6, 6.07) is 1.46. The fourth-order valence-electron chi connectivity index (χ4n) is 2.04. The van der Waals surface area contributed by atoms with E-state index in [9.17, 15) is 13.6 Å². The van der Waals surface area contributed by atoms with Gasteiger partial charge < -0.3 is 15.2 Å². The molecule has 0 saturated carbocycles. The molecule has 1 unspecified atom stereocenters. The van der Waals surface area contributed by atoms with Gasteiger partial charge in [0.25, 0.3) is 0 Å². The third kappa shape index (κ3) is 5.30. The van der Waals surface area contributed by atoms with E-state index in [0.29, 0.717) is 25.9 Å². The molecule has 0 aliphatic carbocycles. The van der Waals surface area contributed by atoms with Gasteiger partial charge in [-0.2, -0.15) is 0 Å². The van der Waals surface area contributed by atoms with Crippen molar-refractivity contribution >= 4 is 5.97 Å². The topological polar surface area (TPSA) is 61.5 Å². The van der Waals surface area contributed by atoms with Gasteiger partial charge in [-0.05, 0) is 19.8 Å². The molecule has 0 fully saturated rings. The summed E-state index contributed by atoms with van der Waals surface area (Å²) in [6.07, 6.45) is 1.84. The Kier molecular flexibility index (Phi) is 7.08. The quantitative estimate of drug-likeness (QED) is 0.592. The van der Waals surface area contributed by atoms with Crippen molar-refractivity contribution in [2.24, 2.45) is 5.73 Å². The Balaban J connectivity index is 2.52. The van der Waals surface area contributed by atoms with Gasteiger partial charge >= 0.3 is 5.97 Å². The number of carbonyl (C=O) groups is 1. The number of unbranched alkanes of at least 4 members (excludes halogenated alkanes) is 1.